The van der Waals surface area contributed by atoms with Gasteiger partial charge in [-0.1, -0.05) is 47.0 Å². The summed E-state index contributed by atoms with van der Waals surface area (Å²) in [5.74, 6) is 0.636. The Bertz CT molecular complexity index is 162. The molecule has 92 valence electrons. The maximum absolute atomic E-state index is 9.57. The van der Waals surface area contributed by atoms with Crippen LogP contribution < -0.4 is 5.32 Å². The third-order valence-corrected chi connectivity index (χ3v) is 4.56. The number of aliphatic hydroxyl groups excluding tert-OH is 1. The van der Waals surface area contributed by atoms with Crippen LogP contribution in [0.3, 0.4) is 0 Å². The van der Waals surface area contributed by atoms with E-state index in [1.807, 2.05) is 0 Å². The first kappa shape index (κ1) is 15.3. The second-order valence-electron chi connectivity index (χ2n) is 4.76. The first-order chi connectivity index (χ1) is 6.94. The van der Waals surface area contributed by atoms with Gasteiger partial charge in [0.25, 0.3) is 0 Å². The fourth-order valence-corrected chi connectivity index (χ4v) is 2.55. The zero-order valence-corrected chi connectivity index (χ0v) is 11.7. The van der Waals surface area contributed by atoms with E-state index >= 15 is 0 Å². The Morgan fingerprint density at radius 1 is 1.33 bits per heavy atom. The maximum atomic E-state index is 9.57. The molecule has 0 aromatic carbocycles. The topological polar surface area (TPSA) is 32.3 Å². The lowest BCUT2D eigenvalue weighted by molar-refractivity contribution is 0.232. The molecule has 0 aliphatic heterocycles. The van der Waals surface area contributed by atoms with Crippen LogP contribution in [0.25, 0.3) is 0 Å². The fraction of sp³-hybridized carbons (Fsp3) is 1.00. The highest BCUT2D eigenvalue weighted by atomic mass is 32.2. The van der Waals surface area contributed by atoms with Crippen LogP contribution in [-0.2, 0) is 0 Å². The number of hydrogen-bond donors (Lipinski definition) is 2. The van der Waals surface area contributed by atoms with Crippen molar-refractivity contribution in [2.75, 3.05) is 7.05 Å². The first-order valence-corrected chi connectivity index (χ1v) is 6.85. The van der Waals surface area contributed by atoms with Crippen molar-refractivity contribution in [1.29, 1.82) is 0 Å². The highest BCUT2D eigenvalue weighted by Gasteiger charge is 2.28. The smallest absolute Gasteiger partial charge is 0.153 e. The van der Waals surface area contributed by atoms with Crippen LogP contribution in [0.15, 0.2) is 0 Å². The van der Waals surface area contributed by atoms with Crippen LogP contribution >= 0.6 is 11.8 Å². The summed E-state index contributed by atoms with van der Waals surface area (Å²) >= 11 is 1.61. The molecule has 0 fully saturated rings. The van der Waals surface area contributed by atoms with Gasteiger partial charge in [-0.2, -0.15) is 0 Å². The zero-order valence-electron chi connectivity index (χ0n) is 10.8. The molecule has 2 unspecified atom stereocenters. The van der Waals surface area contributed by atoms with Crippen molar-refractivity contribution in [2.45, 2.75) is 63.7 Å². The normalized spacial score (nSPS) is 16.4. The Morgan fingerprint density at radius 2 is 1.93 bits per heavy atom. The average molecular weight is 233 g/mol. The molecule has 0 rings (SSSR count). The van der Waals surface area contributed by atoms with E-state index in [1.165, 1.54) is 25.7 Å². The van der Waals surface area contributed by atoms with Gasteiger partial charge >= 0.3 is 0 Å². The van der Waals surface area contributed by atoms with Crippen LogP contribution in [-0.4, -0.2) is 22.5 Å². The first-order valence-electron chi connectivity index (χ1n) is 5.97. The van der Waals surface area contributed by atoms with Gasteiger partial charge in [-0.15, -0.1) is 11.8 Å². The Balaban J connectivity index is 3.95. The molecule has 15 heavy (non-hydrogen) atoms. The van der Waals surface area contributed by atoms with Crippen LogP contribution in [0.1, 0.15) is 53.4 Å². The molecule has 0 aliphatic carbocycles. The molecular formula is C12H27NOS. The molecule has 2 nitrogen and oxygen atoms in total. The molecule has 0 aromatic heterocycles. The summed E-state index contributed by atoms with van der Waals surface area (Å²) < 4.78 is 0.135. The highest BCUT2D eigenvalue weighted by molar-refractivity contribution is 8.01. The maximum Gasteiger partial charge on any atom is 0.153 e. The van der Waals surface area contributed by atoms with Crippen molar-refractivity contribution in [1.82, 2.24) is 5.32 Å². The number of aliphatic hydroxyl groups is 1. The Hall–Kier alpha value is 0.270. The van der Waals surface area contributed by atoms with E-state index < -0.39 is 5.56 Å². The third kappa shape index (κ3) is 6.44. The lowest BCUT2D eigenvalue weighted by atomic mass is 9.91. The van der Waals surface area contributed by atoms with E-state index in [0.717, 1.165) is 0 Å². The Kier molecular flexibility index (Phi) is 7.66. The van der Waals surface area contributed by atoms with Gasteiger partial charge in [-0.05, 0) is 19.4 Å². The van der Waals surface area contributed by atoms with Gasteiger partial charge in [0.2, 0.25) is 0 Å². The van der Waals surface area contributed by atoms with E-state index in [9.17, 15) is 5.11 Å². The molecule has 0 spiro atoms. The van der Waals surface area contributed by atoms with Gasteiger partial charge < -0.3 is 5.11 Å². The van der Waals surface area contributed by atoms with Gasteiger partial charge in [0.05, 0.1) is 0 Å². The minimum atomic E-state index is -0.450. The van der Waals surface area contributed by atoms with Crippen molar-refractivity contribution < 1.29 is 5.11 Å². The Labute approximate surface area is 99.2 Å². The fourth-order valence-electron chi connectivity index (χ4n) is 1.51. The summed E-state index contributed by atoms with van der Waals surface area (Å²) in [6, 6.07) is 0. The van der Waals surface area contributed by atoms with Gasteiger partial charge in [-0.3, -0.25) is 5.32 Å². The van der Waals surface area contributed by atoms with Crippen LogP contribution in [0, 0.1) is 5.92 Å². The van der Waals surface area contributed by atoms with Crippen molar-refractivity contribution in [3.05, 3.63) is 0 Å². The lowest BCUT2D eigenvalue weighted by Crippen LogP contribution is -2.33. The third-order valence-electron chi connectivity index (χ3n) is 3.09. The molecule has 2 N–H and O–H groups in total. The van der Waals surface area contributed by atoms with Crippen molar-refractivity contribution >= 4 is 11.8 Å². The predicted molar refractivity (Wildman–Crippen MR) is 70.0 cm³/mol. The van der Waals surface area contributed by atoms with Gasteiger partial charge in [0, 0.05) is 4.75 Å². The van der Waals surface area contributed by atoms with E-state index in [1.54, 1.807) is 18.8 Å². The summed E-state index contributed by atoms with van der Waals surface area (Å²) in [6.45, 7) is 8.95. The van der Waals surface area contributed by atoms with Crippen LogP contribution in [0.5, 0.6) is 0 Å². The molecule has 0 amide bonds. The molecule has 3 heteroatoms. The molecular weight excluding hydrogens is 206 g/mol. The summed E-state index contributed by atoms with van der Waals surface area (Å²) in [4.78, 5) is 0. The number of nitrogens with one attached hydrogen (secondary N) is 1. The SMILES string of the molecule is CCCCCC(C)C(C)(C)SC(O)NC. The molecule has 2 atom stereocenters. The second kappa shape index (κ2) is 7.53. The number of unbranched alkanes of at least 4 members (excludes halogenated alkanes) is 2. The quantitative estimate of drug-likeness (QED) is 0.499. The van der Waals surface area contributed by atoms with Gasteiger partial charge in [-0.25, -0.2) is 0 Å². The summed E-state index contributed by atoms with van der Waals surface area (Å²) in [5.41, 5.74) is -0.450. The van der Waals surface area contributed by atoms with E-state index in [4.69, 9.17) is 0 Å². The average Bonchev–Trinajstić information content (AvgIpc) is 2.17. The van der Waals surface area contributed by atoms with Crippen molar-refractivity contribution in [3.8, 4) is 0 Å². The zero-order chi connectivity index (χ0) is 11.9. The van der Waals surface area contributed by atoms with Crippen molar-refractivity contribution in [3.63, 3.8) is 0 Å². The molecule has 0 aliphatic rings. The molecule has 0 saturated heterocycles. The molecule has 0 heterocycles. The summed E-state index contributed by atoms with van der Waals surface area (Å²) in [6.07, 6.45) is 5.15. The standard InChI is InChI=1S/C12H27NOS/c1-6-7-8-9-10(2)12(3,4)15-11(14)13-5/h10-11,13-14H,6-9H2,1-5H3. The van der Waals surface area contributed by atoms with E-state index in [2.05, 4.69) is 33.0 Å². The molecule has 0 aromatic rings. The minimum Gasteiger partial charge on any atom is -0.369 e. The Morgan fingerprint density at radius 3 is 2.40 bits per heavy atom. The van der Waals surface area contributed by atoms with E-state index in [0.29, 0.717) is 5.92 Å². The molecule has 0 saturated carbocycles. The number of hydrogen-bond acceptors (Lipinski definition) is 3. The number of thioether (sulfide) groups is 1. The number of rotatable bonds is 8. The lowest BCUT2D eigenvalue weighted by Gasteiger charge is -2.33. The summed E-state index contributed by atoms with van der Waals surface area (Å²) in [5, 5.41) is 12.4. The van der Waals surface area contributed by atoms with Gasteiger partial charge in [0.1, 0.15) is 0 Å². The molecule has 0 bridgehead atoms. The monoisotopic (exact) mass is 233 g/mol. The van der Waals surface area contributed by atoms with E-state index in [-0.39, 0.29) is 4.75 Å². The summed E-state index contributed by atoms with van der Waals surface area (Å²) in [7, 11) is 1.79. The predicted octanol–water partition coefficient (Wildman–Crippen LogP) is 3.21. The largest absolute Gasteiger partial charge is 0.369 e. The molecule has 0 radical (unpaired) electrons. The minimum absolute atomic E-state index is 0.135. The van der Waals surface area contributed by atoms with Crippen LogP contribution in [0.4, 0.5) is 0 Å². The highest BCUT2D eigenvalue weighted by Crippen LogP contribution is 2.36. The second-order valence-corrected chi connectivity index (χ2v) is 6.49. The van der Waals surface area contributed by atoms with Crippen LogP contribution in [0.2, 0.25) is 0 Å². The van der Waals surface area contributed by atoms with Gasteiger partial charge in [0.15, 0.2) is 5.56 Å². The van der Waals surface area contributed by atoms with Crippen molar-refractivity contribution in [2.24, 2.45) is 5.92 Å².